The smallest absolute Gasteiger partial charge is 0.123 e. The van der Waals surface area contributed by atoms with Gasteiger partial charge in [-0.1, -0.05) is 51.1 Å². The molecule has 0 saturated heterocycles. The van der Waals surface area contributed by atoms with E-state index in [1.54, 1.807) is 0 Å². The Balaban J connectivity index is 1.72. The summed E-state index contributed by atoms with van der Waals surface area (Å²) in [6.07, 6.45) is -0.607. The lowest BCUT2D eigenvalue weighted by atomic mass is 9.86. The molecule has 1 heterocycles. The molecule has 2 aromatic carbocycles. The quantitative estimate of drug-likeness (QED) is 0.762. The summed E-state index contributed by atoms with van der Waals surface area (Å²) in [7, 11) is 0. The molecule has 1 atom stereocenters. The van der Waals surface area contributed by atoms with Crippen LogP contribution in [0, 0.1) is 6.92 Å². The number of rotatable bonds is 5. The first-order valence-corrected chi connectivity index (χ1v) is 8.68. The van der Waals surface area contributed by atoms with Gasteiger partial charge in [-0.15, -0.1) is 0 Å². The van der Waals surface area contributed by atoms with Crippen LogP contribution in [-0.2, 0) is 12.0 Å². The zero-order chi connectivity index (χ0) is 18.0. The molecule has 0 aliphatic heterocycles. The molecule has 0 aliphatic carbocycles. The maximum Gasteiger partial charge on any atom is 0.123 e. The lowest BCUT2D eigenvalue weighted by Gasteiger charge is -2.23. The van der Waals surface area contributed by atoms with Crippen LogP contribution < -0.4 is 4.74 Å². The Morgan fingerprint density at radius 3 is 2.52 bits per heavy atom. The summed E-state index contributed by atoms with van der Waals surface area (Å²) in [6.45, 7) is 9.15. The summed E-state index contributed by atoms with van der Waals surface area (Å²) in [5.74, 6) is 1.73. The van der Waals surface area contributed by atoms with E-state index < -0.39 is 6.10 Å². The Morgan fingerprint density at radius 2 is 1.76 bits per heavy atom. The molecule has 1 aromatic heterocycles. The fourth-order valence-corrected chi connectivity index (χ4v) is 3.09. The molecular formula is C21H26N2O2. The molecule has 0 radical (unpaired) electrons. The standard InChI is InChI=1S/C21H26N2O2/c1-15-22-18-10-6-7-11-19(18)23(15)13-16(24)14-25-20-12-8-5-9-17(20)21(2,3)4/h5-12,16,24H,13-14H2,1-4H3/t16-/m0/s1. The average Bonchev–Trinajstić information content (AvgIpc) is 2.88. The molecule has 0 spiro atoms. The maximum absolute atomic E-state index is 10.5. The highest BCUT2D eigenvalue weighted by Crippen LogP contribution is 2.31. The Hall–Kier alpha value is -2.33. The highest BCUT2D eigenvalue weighted by Gasteiger charge is 2.19. The van der Waals surface area contributed by atoms with Crippen molar-refractivity contribution in [1.82, 2.24) is 9.55 Å². The zero-order valence-electron chi connectivity index (χ0n) is 15.4. The number of aliphatic hydroxyl groups excluding tert-OH is 1. The van der Waals surface area contributed by atoms with Crippen LogP contribution in [0.1, 0.15) is 32.2 Å². The van der Waals surface area contributed by atoms with Crippen LogP contribution >= 0.6 is 0 Å². The van der Waals surface area contributed by atoms with Gasteiger partial charge in [0.2, 0.25) is 0 Å². The fraction of sp³-hybridized carbons (Fsp3) is 0.381. The van der Waals surface area contributed by atoms with Gasteiger partial charge in [-0.05, 0) is 36.1 Å². The van der Waals surface area contributed by atoms with E-state index in [9.17, 15) is 5.11 Å². The molecule has 3 aromatic rings. The summed E-state index contributed by atoms with van der Waals surface area (Å²) < 4.78 is 7.98. The molecule has 0 saturated carbocycles. The van der Waals surface area contributed by atoms with Crippen molar-refractivity contribution in [2.75, 3.05) is 6.61 Å². The van der Waals surface area contributed by atoms with Gasteiger partial charge in [0.05, 0.1) is 17.6 Å². The first-order valence-electron chi connectivity index (χ1n) is 8.68. The number of aryl methyl sites for hydroxylation is 1. The summed E-state index contributed by atoms with van der Waals surface area (Å²) in [4.78, 5) is 4.54. The number of ether oxygens (including phenoxy) is 1. The van der Waals surface area contributed by atoms with E-state index in [0.717, 1.165) is 28.2 Å². The first-order chi connectivity index (χ1) is 11.9. The van der Waals surface area contributed by atoms with Gasteiger partial charge < -0.3 is 14.4 Å². The third kappa shape index (κ3) is 3.85. The summed E-state index contributed by atoms with van der Waals surface area (Å²) in [6, 6.07) is 16.0. The van der Waals surface area contributed by atoms with Gasteiger partial charge in [0.1, 0.15) is 24.3 Å². The topological polar surface area (TPSA) is 47.3 Å². The Morgan fingerprint density at radius 1 is 1.08 bits per heavy atom. The predicted octanol–water partition coefficient (Wildman–Crippen LogP) is 4.08. The minimum atomic E-state index is -0.607. The van der Waals surface area contributed by atoms with Gasteiger partial charge in [0, 0.05) is 0 Å². The van der Waals surface area contributed by atoms with Crippen LogP contribution in [0.4, 0.5) is 0 Å². The zero-order valence-corrected chi connectivity index (χ0v) is 15.4. The van der Waals surface area contributed by atoms with Crippen LogP contribution in [0.3, 0.4) is 0 Å². The SMILES string of the molecule is Cc1nc2ccccc2n1C[C@H](O)COc1ccccc1C(C)(C)C. The highest BCUT2D eigenvalue weighted by atomic mass is 16.5. The molecule has 0 fully saturated rings. The number of hydrogen-bond donors (Lipinski definition) is 1. The Kier molecular flexibility index (Phi) is 4.82. The van der Waals surface area contributed by atoms with Crippen LogP contribution in [0.25, 0.3) is 11.0 Å². The number of fused-ring (bicyclic) bond motifs is 1. The van der Waals surface area contributed by atoms with Crippen molar-refractivity contribution < 1.29 is 9.84 Å². The minimum absolute atomic E-state index is 0.00131. The molecular weight excluding hydrogens is 312 g/mol. The van der Waals surface area contributed by atoms with Crippen molar-refractivity contribution in [1.29, 1.82) is 0 Å². The second-order valence-electron chi connectivity index (χ2n) is 7.47. The van der Waals surface area contributed by atoms with Crippen LogP contribution in [0.5, 0.6) is 5.75 Å². The van der Waals surface area contributed by atoms with Crippen LogP contribution in [0.2, 0.25) is 0 Å². The second kappa shape index (κ2) is 6.89. The number of hydrogen-bond acceptors (Lipinski definition) is 3. The van der Waals surface area contributed by atoms with Crippen molar-refractivity contribution in [2.24, 2.45) is 0 Å². The monoisotopic (exact) mass is 338 g/mol. The molecule has 4 heteroatoms. The number of aliphatic hydroxyl groups is 1. The van der Waals surface area contributed by atoms with E-state index in [0.29, 0.717) is 6.54 Å². The summed E-state index contributed by atoms with van der Waals surface area (Å²) in [5.41, 5.74) is 3.13. The molecule has 0 amide bonds. The Labute approximate surface area is 149 Å². The molecule has 132 valence electrons. The van der Waals surface area contributed by atoms with E-state index in [1.165, 1.54) is 0 Å². The van der Waals surface area contributed by atoms with Gasteiger partial charge in [0.15, 0.2) is 0 Å². The largest absolute Gasteiger partial charge is 0.491 e. The molecule has 0 bridgehead atoms. The molecule has 0 unspecified atom stereocenters. The summed E-state index contributed by atoms with van der Waals surface area (Å²) in [5, 5.41) is 10.5. The van der Waals surface area contributed by atoms with E-state index in [2.05, 4.69) is 31.8 Å². The summed E-state index contributed by atoms with van der Waals surface area (Å²) >= 11 is 0. The highest BCUT2D eigenvalue weighted by molar-refractivity contribution is 5.75. The van der Waals surface area contributed by atoms with Crippen molar-refractivity contribution in [3.63, 3.8) is 0 Å². The van der Waals surface area contributed by atoms with Crippen LogP contribution in [0.15, 0.2) is 48.5 Å². The average molecular weight is 338 g/mol. The third-order valence-electron chi connectivity index (χ3n) is 4.37. The molecule has 1 N–H and O–H groups in total. The third-order valence-corrected chi connectivity index (χ3v) is 4.37. The molecule has 0 aliphatic rings. The van der Waals surface area contributed by atoms with Crippen molar-refractivity contribution in [3.05, 3.63) is 59.9 Å². The van der Waals surface area contributed by atoms with Gasteiger partial charge in [-0.2, -0.15) is 0 Å². The van der Waals surface area contributed by atoms with E-state index in [1.807, 2.05) is 54.0 Å². The van der Waals surface area contributed by atoms with Gasteiger partial charge in [-0.3, -0.25) is 0 Å². The van der Waals surface area contributed by atoms with Crippen molar-refractivity contribution in [3.8, 4) is 5.75 Å². The Bertz CT molecular complexity index is 862. The fourth-order valence-electron chi connectivity index (χ4n) is 3.09. The van der Waals surface area contributed by atoms with Gasteiger partial charge >= 0.3 is 0 Å². The van der Waals surface area contributed by atoms with Gasteiger partial charge in [-0.25, -0.2) is 4.98 Å². The lowest BCUT2D eigenvalue weighted by Crippen LogP contribution is -2.25. The number of imidazole rings is 1. The van der Waals surface area contributed by atoms with Gasteiger partial charge in [0.25, 0.3) is 0 Å². The van der Waals surface area contributed by atoms with E-state index >= 15 is 0 Å². The number of para-hydroxylation sites is 3. The molecule has 25 heavy (non-hydrogen) atoms. The first kappa shape index (κ1) is 17.5. The van der Waals surface area contributed by atoms with Crippen molar-refractivity contribution in [2.45, 2.75) is 45.8 Å². The predicted molar refractivity (Wildman–Crippen MR) is 101 cm³/mol. The van der Waals surface area contributed by atoms with E-state index in [-0.39, 0.29) is 12.0 Å². The number of nitrogens with zero attached hydrogens (tertiary/aromatic N) is 2. The number of benzene rings is 2. The molecule has 3 rings (SSSR count). The molecule has 4 nitrogen and oxygen atoms in total. The second-order valence-corrected chi connectivity index (χ2v) is 7.47. The maximum atomic E-state index is 10.5. The number of aromatic nitrogens is 2. The lowest BCUT2D eigenvalue weighted by molar-refractivity contribution is 0.0919. The normalized spacial score (nSPS) is 13.2. The van der Waals surface area contributed by atoms with E-state index in [4.69, 9.17) is 4.74 Å². The van der Waals surface area contributed by atoms with Crippen LogP contribution in [-0.4, -0.2) is 27.4 Å². The minimum Gasteiger partial charge on any atom is -0.491 e. The van der Waals surface area contributed by atoms with Crippen molar-refractivity contribution >= 4 is 11.0 Å².